The summed E-state index contributed by atoms with van der Waals surface area (Å²) in [6.45, 7) is 7.52. The van der Waals surface area contributed by atoms with Crippen molar-refractivity contribution in [3.8, 4) is 0 Å². The standard InChI is InChI=1S/C33H42N4O2/c1-23(2)26-13-14-30-31(20-26)37(16-7-17-39-3)33(35-30)28-10-6-15-36(22-28)32(38)21-29(34)19-24-11-12-25-8-4-5-9-27(25)18-24/h4-5,8-9,11-14,18,20,23,28-29H,6-7,10,15-17,19,21-22,34H2,1-3H3. The maximum atomic E-state index is 13.4. The molecular formula is C33H42N4O2. The summed E-state index contributed by atoms with van der Waals surface area (Å²) in [6.07, 6.45) is 4.01. The average Bonchev–Trinajstić information content (AvgIpc) is 3.31. The van der Waals surface area contributed by atoms with Crippen LogP contribution in [0.2, 0.25) is 0 Å². The Labute approximate surface area is 232 Å². The smallest absolute Gasteiger partial charge is 0.224 e. The van der Waals surface area contributed by atoms with Crippen molar-refractivity contribution in [2.45, 2.75) is 70.4 Å². The van der Waals surface area contributed by atoms with Crippen molar-refractivity contribution in [1.29, 1.82) is 0 Å². The second kappa shape index (κ2) is 12.3. The number of aromatic nitrogens is 2. The maximum absolute atomic E-state index is 13.4. The molecule has 0 saturated carbocycles. The quantitative estimate of drug-likeness (QED) is 0.257. The number of amides is 1. The first kappa shape index (κ1) is 27.4. The molecule has 2 heterocycles. The lowest BCUT2D eigenvalue weighted by molar-refractivity contribution is -0.132. The van der Waals surface area contributed by atoms with Crippen LogP contribution in [-0.4, -0.2) is 53.2 Å². The van der Waals surface area contributed by atoms with E-state index in [0.717, 1.165) is 43.7 Å². The number of aryl methyl sites for hydroxylation is 1. The van der Waals surface area contributed by atoms with Gasteiger partial charge in [-0.2, -0.15) is 0 Å². The fourth-order valence-corrected chi connectivity index (χ4v) is 5.94. The maximum Gasteiger partial charge on any atom is 0.224 e. The Morgan fingerprint density at radius 2 is 1.92 bits per heavy atom. The van der Waals surface area contributed by atoms with Crippen LogP contribution < -0.4 is 5.73 Å². The number of piperidine rings is 1. The van der Waals surface area contributed by atoms with Crippen LogP contribution in [-0.2, 0) is 22.5 Å². The molecule has 6 heteroatoms. The summed E-state index contributed by atoms with van der Waals surface area (Å²) in [7, 11) is 1.75. The molecule has 39 heavy (non-hydrogen) atoms. The van der Waals surface area contributed by atoms with E-state index in [0.29, 0.717) is 31.9 Å². The van der Waals surface area contributed by atoms with E-state index in [4.69, 9.17) is 15.5 Å². The molecule has 4 aromatic rings. The zero-order valence-corrected chi connectivity index (χ0v) is 23.6. The van der Waals surface area contributed by atoms with Crippen LogP contribution in [0.15, 0.2) is 60.7 Å². The van der Waals surface area contributed by atoms with Gasteiger partial charge in [-0.3, -0.25) is 4.79 Å². The minimum absolute atomic E-state index is 0.150. The number of carbonyl (C=O) groups excluding carboxylic acids is 1. The van der Waals surface area contributed by atoms with Crippen LogP contribution in [0.4, 0.5) is 0 Å². The number of fused-ring (bicyclic) bond motifs is 2. The molecule has 6 nitrogen and oxygen atoms in total. The Kier molecular flexibility index (Phi) is 8.63. The summed E-state index contributed by atoms with van der Waals surface area (Å²) in [6, 6.07) is 21.2. The van der Waals surface area contributed by atoms with E-state index in [1.165, 1.54) is 27.4 Å². The highest BCUT2D eigenvalue weighted by Gasteiger charge is 2.29. The zero-order valence-electron chi connectivity index (χ0n) is 23.6. The first-order chi connectivity index (χ1) is 18.9. The number of hydrogen-bond acceptors (Lipinski definition) is 4. The molecule has 5 rings (SSSR count). The Morgan fingerprint density at radius 3 is 2.72 bits per heavy atom. The van der Waals surface area contributed by atoms with Crippen LogP contribution in [0.3, 0.4) is 0 Å². The number of hydrogen-bond donors (Lipinski definition) is 1. The monoisotopic (exact) mass is 526 g/mol. The van der Waals surface area contributed by atoms with Gasteiger partial charge in [0.25, 0.3) is 0 Å². The number of imidazole rings is 1. The molecule has 1 amide bonds. The van der Waals surface area contributed by atoms with Gasteiger partial charge in [-0.15, -0.1) is 0 Å². The Hall–Kier alpha value is -3.22. The van der Waals surface area contributed by atoms with E-state index >= 15 is 0 Å². The van der Waals surface area contributed by atoms with Gasteiger partial charge < -0.3 is 19.9 Å². The van der Waals surface area contributed by atoms with Crippen molar-refractivity contribution in [2.24, 2.45) is 5.73 Å². The minimum Gasteiger partial charge on any atom is -0.385 e. The Bertz CT molecular complexity index is 1430. The molecule has 0 aliphatic carbocycles. The largest absolute Gasteiger partial charge is 0.385 e. The summed E-state index contributed by atoms with van der Waals surface area (Å²) in [5.41, 5.74) is 11.2. The van der Waals surface area contributed by atoms with Gasteiger partial charge in [0.15, 0.2) is 0 Å². The number of carbonyl (C=O) groups is 1. The van der Waals surface area contributed by atoms with Crippen LogP contribution >= 0.6 is 0 Å². The normalized spacial score (nSPS) is 16.8. The van der Waals surface area contributed by atoms with Crippen LogP contribution in [0, 0.1) is 0 Å². The van der Waals surface area contributed by atoms with Gasteiger partial charge in [0, 0.05) is 51.7 Å². The minimum atomic E-state index is -0.202. The average molecular weight is 527 g/mol. The molecule has 2 atom stereocenters. The lowest BCUT2D eigenvalue weighted by Crippen LogP contribution is -2.42. The van der Waals surface area contributed by atoms with Gasteiger partial charge in [0.1, 0.15) is 5.82 Å². The van der Waals surface area contributed by atoms with Crippen LogP contribution in [0.5, 0.6) is 0 Å². The number of ether oxygens (including phenoxy) is 1. The third-order valence-electron chi connectivity index (χ3n) is 8.09. The molecule has 1 aromatic heterocycles. The summed E-state index contributed by atoms with van der Waals surface area (Å²) in [5, 5.41) is 2.43. The molecule has 206 valence electrons. The van der Waals surface area contributed by atoms with E-state index < -0.39 is 0 Å². The zero-order chi connectivity index (χ0) is 27.4. The number of rotatable bonds is 10. The highest BCUT2D eigenvalue weighted by Crippen LogP contribution is 2.31. The Balaban J connectivity index is 1.29. The first-order valence-corrected chi connectivity index (χ1v) is 14.4. The molecule has 2 unspecified atom stereocenters. The van der Waals surface area contributed by atoms with Gasteiger partial charge in [0.2, 0.25) is 5.91 Å². The number of likely N-dealkylation sites (tertiary alicyclic amines) is 1. The van der Waals surface area contributed by atoms with Gasteiger partial charge >= 0.3 is 0 Å². The van der Waals surface area contributed by atoms with Crippen molar-refractivity contribution in [3.05, 3.63) is 77.6 Å². The molecule has 3 aromatic carbocycles. The molecule has 0 bridgehead atoms. The topological polar surface area (TPSA) is 73.4 Å². The predicted octanol–water partition coefficient (Wildman–Crippen LogP) is 6.02. The summed E-state index contributed by atoms with van der Waals surface area (Å²) >= 11 is 0. The van der Waals surface area contributed by atoms with Gasteiger partial charge in [-0.1, -0.05) is 62.4 Å². The van der Waals surface area contributed by atoms with Gasteiger partial charge in [-0.05, 0) is 65.6 Å². The van der Waals surface area contributed by atoms with E-state index in [2.05, 4.69) is 79.1 Å². The van der Waals surface area contributed by atoms with E-state index in [1.54, 1.807) is 7.11 Å². The molecule has 1 fully saturated rings. The van der Waals surface area contributed by atoms with Crippen molar-refractivity contribution < 1.29 is 9.53 Å². The second-order valence-corrected chi connectivity index (χ2v) is 11.4. The Morgan fingerprint density at radius 1 is 1.10 bits per heavy atom. The number of methoxy groups -OCH3 is 1. The van der Waals surface area contributed by atoms with E-state index in [-0.39, 0.29) is 17.9 Å². The highest BCUT2D eigenvalue weighted by molar-refractivity contribution is 5.83. The molecule has 2 N–H and O–H groups in total. The van der Waals surface area contributed by atoms with E-state index in [9.17, 15) is 4.79 Å². The third-order valence-corrected chi connectivity index (χ3v) is 8.09. The third kappa shape index (κ3) is 6.34. The first-order valence-electron chi connectivity index (χ1n) is 14.4. The van der Waals surface area contributed by atoms with Gasteiger partial charge in [-0.25, -0.2) is 4.98 Å². The van der Waals surface area contributed by atoms with Gasteiger partial charge in [0.05, 0.1) is 11.0 Å². The fourth-order valence-electron chi connectivity index (χ4n) is 5.94. The lowest BCUT2D eigenvalue weighted by atomic mass is 9.95. The van der Waals surface area contributed by atoms with Crippen molar-refractivity contribution in [1.82, 2.24) is 14.5 Å². The molecule has 1 aliphatic rings. The summed E-state index contributed by atoms with van der Waals surface area (Å²) < 4.78 is 7.73. The molecular weight excluding hydrogens is 484 g/mol. The second-order valence-electron chi connectivity index (χ2n) is 11.4. The van der Waals surface area contributed by atoms with Crippen LogP contribution in [0.1, 0.15) is 68.3 Å². The van der Waals surface area contributed by atoms with Crippen molar-refractivity contribution in [2.75, 3.05) is 26.8 Å². The number of nitrogens with zero attached hydrogens (tertiary/aromatic N) is 3. The summed E-state index contributed by atoms with van der Waals surface area (Å²) in [5.74, 6) is 1.93. The van der Waals surface area contributed by atoms with E-state index in [1.807, 2.05) is 4.90 Å². The summed E-state index contributed by atoms with van der Waals surface area (Å²) in [4.78, 5) is 20.5. The SMILES string of the molecule is COCCCn1c(C2CCCN(C(=O)CC(N)Cc3ccc4ccccc4c3)C2)nc2ccc(C(C)C)cc21. The van der Waals surface area contributed by atoms with Crippen molar-refractivity contribution >= 4 is 27.7 Å². The van der Waals surface area contributed by atoms with Crippen LogP contribution in [0.25, 0.3) is 21.8 Å². The molecule has 0 spiro atoms. The molecule has 1 aliphatic heterocycles. The number of benzene rings is 3. The molecule has 1 saturated heterocycles. The lowest BCUT2D eigenvalue weighted by Gasteiger charge is -2.33. The highest BCUT2D eigenvalue weighted by atomic mass is 16.5. The molecule has 0 radical (unpaired) electrons. The fraction of sp³-hybridized carbons (Fsp3) is 0.455. The predicted molar refractivity (Wildman–Crippen MR) is 159 cm³/mol. The van der Waals surface area contributed by atoms with Crippen molar-refractivity contribution in [3.63, 3.8) is 0 Å². The number of nitrogens with two attached hydrogens (primary N) is 1.